The summed E-state index contributed by atoms with van der Waals surface area (Å²) >= 11 is 12.0. The summed E-state index contributed by atoms with van der Waals surface area (Å²) in [4.78, 5) is 11.2. The van der Waals surface area contributed by atoms with Gasteiger partial charge in [-0.15, -0.1) is 11.6 Å². The van der Waals surface area contributed by atoms with E-state index in [0.29, 0.717) is 22.9 Å². The van der Waals surface area contributed by atoms with Gasteiger partial charge >= 0.3 is 0 Å². The molecule has 3 heteroatoms. The predicted octanol–water partition coefficient (Wildman–Crippen LogP) is 4.40. The first-order chi connectivity index (χ1) is 8.17. The molecule has 1 nitrogen and oxygen atoms in total. The van der Waals surface area contributed by atoms with E-state index in [1.165, 1.54) is 0 Å². The number of carbonyl (C=O) groups is 1. The number of alkyl halides is 1. The van der Waals surface area contributed by atoms with Gasteiger partial charge < -0.3 is 0 Å². The van der Waals surface area contributed by atoms with Crippen molar-refractivity contribution in [2.45, 2.75) is 13.3 Å². The van der Waals surface area contributed by atoms with E-state index in [9.17, 15) is 4.79 Å². The van der Waals surface area contributed by atoms with Crippen LogP contribution in [-0.2, 0) is 6.42 Å². The molecule has 0 unspecified atom stereocenters. The SMILES string of the molecule is Cc1ccc2cc(CCCl)c(Cl)c(C=O)c2c1. The van der Waals surface area contributed by atoms with Gasteiger partial charge in [-0.3, -0.25) is 4.79 Å². The van der Waals surface area contributed by atoms with Crippen molar-refractivity contribution in [3.05, 3.63) is 46.0 Å². The second-order valence-electron chi connectivity index (χ2n) is 4.04. The largest absolute Gasteiger partial charge is 0.298 e. The maximum absolute atomic E-state index is 11.2. The van der Waals surface area contributed by atoms with E-state index in [0.717, 1.165) is 28.2 Å². The molecule has 0 bridgehead atoms. The molecule has 0 aliphatic rings. The zero-order chi connectivity index (χ0) is 12.4. The number of halogens is 2. The van der Waals surface area contributed by atoms with Crippen LogP contribution in [-0.4, -0.2) is 12.2 Å². The maximum Gasteiger partial charge on any atom is 0.152 e. The second kappa shape index (κ2) is 5.07. The Morgan fingerprint density at radius 2 is 2.06 bits per heavy atom. The van der Waals surface area contributed by atoms with Crippen molar-refractivity contribution < 1.29 is 4.79 Å². The lowest BCUT2D eigenvalue weighted by molar-refractivity contribution is 0.112. The third kappa shape index (κ3) is 2.31. The lowest BCUT2D eigenvalue weighted by Gasteiger charge is -2.09. The number of hydrogen-bond acceptors (Lipinski definition) is 1. The van der Waals surface area contributed by atoms with E-state index in [1.807, 2.05) is 31.2 Å². The molecule has 2 aromatic carbocycles. The van der Waals surface area contributed by atoms with Crippen molar-refractivity contribution in [1.29, 1.82) is 0 Å². The molecule has 88 valence electrons. The van der Waals surface area contributed by atoms with E-state index in [1.54, 1.807) is 0 Å². The summed E-state index contributed by atoms with van der Waals surface area (Å²) in [5.41, 5.74) is 2.61. The van der Waals surface area contributed by atoms with Gasteiger partial charge in [0.15, 0.2) is 6.29 Å². The van der Waals surface area contributed by atoms with Crippen LogP contribution in [0.1, 0.15) is 21.5 Å². The average Bonchev–Trinajstić information content (AvgIpc) is 2.31. The first-order valence-electron chi connectivity index (χ1n) is 5.40. The Bertz CT molecular complexity index is 576. The minimum absolute atomic E-state index is 0.495. The zero-order valence-electron chi connectivity index (χ0n) is 9.47. The Morgan fingerprint density at radius 3 is 2.71 bits per heavy atom. The standard InChI is InChI=1S/C14H12Cl2O/c1-9-2-3-10-7-11(4-5-15)14(16)13(8-17)12(10)6-9/h2-3,6-8H,4-5H2,1H3. The number of carbonyl (C=O) groups excluding carboxylic acids is 1. The van der Waals surface area contributed by atoms with E-state index < -0.39 is 0 Å². The van der Waals surface area contributed by atoms with Crippen molar-refractivity contribution in [2.24, 2.45) is 0 Å². The van der Waals surface area contributed by atoms with Crippen LogP contribution in [0.4, 0.5) is 0 Å². The Hall–Kier alpha value is -1.05. The van der Waals surface area contributed by atoms with E-state index >= 15 is 0 Å². The minimum Gasteiger partial charge on any atom is -0.298 e. The lowest BCUT2D eigenvalue weighted by Crippen LogP contribution is -1.95. The first kappa shape index (κ1) is 12.4. The van der Waals surface area contributed by atoms with Gasteiger partial charge in [-0.25, -0.2) is 0 Å². The Morgan fingerprint density at radius 1 is 1.29 bits per heavy atom. The molecule has 2 rings (SSSR count). The Labute approximate surface area is 110 Å². The number of aryl methyl sites for hydroxylation is 2. The Balaban J connectivity index is 2.79. The highest BCUT2D eigenvalue weighted by Crippen LogP contribution is 2.30. The van der Waals surface area contributed by atoms with Crippen LogP contribution in [0, 0.1) is 6.92 Å². The van der Waals surface area contributed by atoms with Gasteiger partial charge in [-0.1, -0.05) is 35.4 Å². The highest BCUT2D eigenvalue weighted by Gasteiger charge is 2.11. The van der Waals surface area contributed by atoms with Gasteiger partial charge in [-0.05, 0) is 35.7 Å². The molecule has 0 aromatic heterocycles. The minimum atomic E-state index is 0.495. The van der Waals surface area contributed by atoms with Crippen molar-refractivity contribution >= 4 is 40.3 Å². The van der Waals surface area contributed by atoms with Crippen LogP contribution in [0.3, 0.4) is 0 Å². The zero-order valence-corrected chi connectivity index (χ0v) is 11.0. The molecule has 17 heavy (non-hydrogen) atoms. The molecule has 0 amide bonds. The van der Waals surface area contributed by atoms with Gasteiger partial charge in [-0.2, -0.15) is 0 Å². The third-order valence-electron chi connectivity index (χ3n) is 2.83. The van der Waals surface area contributed by atoms with E-state index in [-0.39, 0.29) is 0 Å². The number of hydrogen-bond donors (Lipinski definition) is 0. The molecule has 0 fully saturated rings. The molecular weight excluding hydrogens is 255 g/mol. The topological polar surface area (TPSA) is 17.1 Å². The fourth-order valence-corrected chi connectivity index (χ4v) is 2.47. The molecule has 0 heterocycles. The van der Waals surface area contributed by atoms with Crippen LogP contribution >= 0.6 is 23.2 Å². The highest BCUT2D eigenvalue weighted by atomic mass is 35.5. The molecule has 0 saturated carbocycles. The molecule has 0 atom stereocenters. The molecule has 0 aliphatic heterocycles. The number of rotatable bonds is 3. The number of benzene rings is 2. The van der Waals surface area contributed by atoms with Gasteiger partial charge in [0.05, 0.1) is 5.02 Å². The molecular formula is C14H12Cl2O. The fourth-order valence-electron chi connectivity index (χ4n) is 1.97. The number of fused-ring (bicyclic) bond motifs is 1. The third-order valence-corrected chi connectivity index (χ3v) is 3.46. The van der Waals surface area contributed by atoms with Crippen molar-refractivity contribution in [3.8, 4) is 0 Å². The van der Waals surface area contributed by atoms with Gasteiger partial charge in [0, 0.05) is 11.4 Å². The van der Waals surface area contributed by atoms with E-state index in [2.05, 4.69) is 0 Å². The molecule has 0 spiro atoms. The van der Waals surface area contributed by atoms with Crippen LogP contribution in [0.5, 0.6) is 0 Å². The summed E-state index contributed by atoms with van der Waals surface area (Å²) in [6.07, 6.45) is 1.49. The quantitative estimate of drug-likeness (QED) is 0.595. The summed E-state index contributed by atoms with van der Waals surface area (Å²) in [7, 11) is 0. The summed E-state index contributed by atoms with van der Waals surface area (Å²) in [6, 6.07) is 8.02. The van der Waals surface area contributed by atoms with E-state index in [4.69, 9.17) is 23.2 Å². The maximum atomic E-state index is 11.2. The first-order valence-corrected chi connectivity index (χ1v) is 6.31. The van der Waals surface area contributed by atoms with Crippen LogP contribution in [0.25, 0.3) is 10.8 Å². The highest BCUT2D eigenvalue weighted by molar-refractivity contribution is 6.35. The molecule has 0 saturated heterocycles. The van der Waals surface area contributed by atoms with Gasteiger partial charge in [0.2, 0.25) is 0 Å². The molecule has 0 aliphatic carbocycles. The monoisotopic (exact) mass is 266 g/mol. The average molecular weight is 267 g/mol. The normalized spacial score (nSPS) is 10.8. The van der Waals surface area contributed by atoms with Gasteiger partial charge in [0.25, 0.3) is 0 Å². The summed E-state index contributed by atoms with van der Waals surface area (Å²) in [5.74, 6) is 0.495. The molecule has 2 aromatic rings. The summed E-state index contributed by atoms with van der Waals surface area (Å²) < 4.78 is 0. The fraction of sp³-hybridized carbons (Fsp3) is 0.214. The molecule has 0 N–H and O–H groups in total. The molecule has 0 radical (unpaired) electrons. The number of aldehydes is 1. The Kier molecular flexibility index (Phi) is 3.70. The van der Waals surface area contributed by atoms with Gasteiger partial charge in [0.1, 0.15) is 0 Å². The van der Waals surface area contributed by atoms with Crippen LogP contribution < -0.4 is 0 Å². The summed E-state index contributed by atoms with van der Waals surface area (Å²) in [5, 5.41) is 2.46. The van der Waals surface area contributed by atoms with Crippen LogP contribution in [0.15, 0.2) is 24.3 Å². The van der Waals surface area contributed by atoms with Crippen molar-refractivity contribution in [2.75, 3.05) is 5.88 Å². The van der Waals surface area contributed by atoms with Crippen molar-refractivity contribution in [3.63, 3.8) is 0 Å². The summed E-state index contributed by atoms with van der Waals surface area (Å²) in [6.45, 7) is 1.99. The van der Waals surface area contributed by atoms with Crippen molar-refractivity contribution in [1.82, 2.24) is 0 Å². The lowest BCUT2D eigenvalue weighted by atomic mass is 9.98. The second-order valence-corrected chi connectivity index (χ2v) is 4.80. The van der Waals surface area contributed by atoms with Crippen LogP contribution in [0.2, 0.25) is 5.02 Å². The smallest absolute Gasteiger partial charge is 0.152 e. The predicted molar refractivity (Wildman–Crippen MR) is 73.5 cm³/mol.